The lowest BCUT2D eigenvalue weighted by Crippen LogP contribution is -2.93. The molecule has 3 heteroatoms. The van der Waals surface area contributed by atoms with Crippen LogP contribution in [0, 0.1) is 0 Å². The van der Waals surface area contributed by atoms with Gasteiger partial charge in [0.2, 0.25) is 0 Å². The molecule has 0 radical (unpaired) electrons. The highest BCUT2D eigenvalue weighted by molar-refractivity contribution is 9.10. The third kappa shape index (κ3) is 5.85. The maximum Gasteiger partial charge on any atom is 0.179 e. The maximum atomic E-state index is 3.90. The van der Waals surface area contributed by atoms with Crippen LogP contribution >= 0.6 is 15.9 Å². The number of hydrogen-bond donors (Lipinski definition) is 0. The summed E-state index contributed by atoms with van der Waals surface area (Å²) in [4.78, 5) is 0. The Labute approximate surface area is 346 Å². The van der Waals surface area contributed by atoms with Crippen LogP contribution < -0.4 is 41.5 Å². The molecule has 0 bridgehead atoms. The average molecular weight is 824 g/mol. The first-order valence-corrected chi connectivity index (χ1v) is 24.4. The first-order valence-electron chi connectivity index (χ1n) is 19.6. The molecule has 1 aliphatic heterocycles. The summed E-state index contributed by atoms with van der Waals surface area (Å²) in [5.41, 5.74) is 7.31. The standard InChI is InChI=1S/C54H39BrSi2/c55-46-24-18-30-50(39-46)57(48-27-11-4-12-28-48)53-33-15-13-31-51(53)56(47-25-9-3-10-26-47,52-32-14-16-34-54(52)57)49-29-17-23-42(38-49)45-36-43(40-19-5-1-6-20-40)35-44(37-45)41-21-7-2-8-22-41/h1-39H. The lowest BCUT2D eigenvalue weighted by atomic mass is 9.93. The second kappa shape index (κ2) is 14.8. The monoisotopic (exact) mass is 822 g/mol. The molecule has 0 aliphatic carbocycles. The molecule has 0 nitrogen and oxygen atoms in total. The van der Waals surface area contributed by atoms with Crippen LogP contribution in [0.4, 0.5) is 0 Å². The van der Waals surface area contributed by atoms with E-state index in [1.807, 2.05) is 0 Å². The van der Waals surface area contributed by atoms with Crippen LogP contribution in [0.2, 0.25) is 0 Å². The number of halogens is 1. The minimum atomic E-state index is -2.94. The van der Waals surface area contributed by atoms with Gasteiger partial charge in [-0.25, -0.2) is 0 Å². The summed E-state index contributed by atoms with van der Waals surface area (Å²) in [5.74, 6) is 0. The van der Waals surface area contributed by atoms with E-state index in [1.54, 1.807) is 0 Å². The fourth-order valence-corrected chi connectivity index (χ4v) is 22.3. The van der Waals surface area contributed by atoms with E-state index in [4.69, 9.17) is 0 Å². The van der Waals surface area contributed by atoms with Crippen LogP contribution in [-0.2, 0) is 0 Å². The van der Waals surface area contributed by atoms with Crippen LogP contribution in [0.25, 0.3) is 33.4 Å². The van der Waals surface area contributed by atoms with Crippen LogP contribution in [0.15, 0.2) is 241 Å². The molecule has 0 spiro atoms. The minimum absolute atomic E-state index is 1.11. The van der Waals surface area contributed by atoms with Crippen molar-refractivity contribution in [2.24, 2.45) is 0 Å². The zero-order valence-corrected chi connectivity index (χ0v) is 35.0. The van der Waals surface area contributed by atoms with Crippen molar-refractivity contribution in [1.29, 1.82) is 0 Å². The van der Waals surface area contributed by atoms with Gasteiger partial charge in [-0.15, -0.1) is 0 Å². The highest BCUT2D eigenvalue weighted by atomic mass is 79.9. The molecule has 0 saturated carbocycles. The summed E-state index contributed by atoms with van der Waals surface area (Å²) < 4.78 is 1.11. The molecule has 0 N–H and O–H groups in total. The first kappa shape index (κ1) is 35.3. The van der Waals surface area contributed by atoms with E-state index in [2.05, 4.69) is 253 Å². The molecule has 57 heavy (non-hydrogen) atoms. The molecular weight excluding hydrogens is 785 g/mol. The van der Waals surface area contributed by atoms with E-state index < -0.39 is 16.1 Å². The molecule has 0 aromatic heterocycles. The zero-order chi connectivity index (χ0) is 38.2. The molecule has 270 valence electrons. The van der Waals surface area contributed by atoms with Crippen LogP contribution in [0.1, 0.15) is 0 Å². The third-order valence-corrected chi connectivity index (χ3v) is 22.6. The van der Waals surface area contributed by atoms with Gasteiger partial charge in [-0.3, -0.25) is 0 Å². The van der Waals surface area contributed by atoms with Gasteiger partial charge in [0.1, 0.15) is 0 Å². The lowest BCUT2D eigenvalue weighted by molar-refractivity contribution is 1.57. The van der Waals surface area contributed by atoms with Gasteiger partial charge < -0.3 is 0 Å². The number of rotatable bonds is 7. The van der Waals surface area contributed by atoms with Crippen molar-refractivity contribution in [3.8, 4) is 33.4 Å². The SMILES string of the molecule is Brc1cccc([Si]2(c3ccccc3)c3ccccc3[Si](c3ccccc3)(c3cccc(-c4cc(-c5ccccc5)cc(-c5ccccc5)c4)c3)c3ccccc32)c1. The Kier molecular flexibility index (Phi) is 9.15. The van der Waals surface area contributed by atoms with Gasteiger partial charge in [0.05, 0.1) is 0 Å². The second-order valence-corrected chi connectivity index (χ2v) is 23.3. The van der Waals surface area contributed by atoms with E-state index >= 15 is 0 Å². The maximum absolute atomic E-state index is 3.90. The van der Waals surface area contributed by atoms with E-state index in [9.17, 15) is 0 Å². The summed E-state index contributed by atoms with van der Waals surface area (Å²) in [5, 5.41) is 11.5. The number of fused-ring (bicyclic) bond motifs is 2. The van der Waals surface area contributed by atoms with Crippen molar-refractivity contribution in [2.75, 3.05) is 0 Å². The molecule has 1 heterocycles. The fourth-order valence-electron chi connectivity index (χ4n) is 9.56. The van der Waals surface area contributed by atoms with Crippen molar-refractivity contribution in [2.45, 2.75) is 0 Å². The summed E-state index contributed by atoms with van der Waals surface area (Å²) in [7, 11) is -5.77. The van der Waals surface area contributed by atoms with Gasteiger partial charge in [-0.2, -0.15) is 0 Å². The highest BCUT2D eigenvalue weighted by Gasteiger charge is 2.56. The first-order chi connectivity index (χ1) is 28.2. The van der Waals surface area contributed by atoms with Gasteiger partial charge in [0.15, 0.2) is 16.1 Å². The van der Waals surface area contributed by atoms with Crippen molar-refractivity contribution in [3.63, 3.8) is 0 Å². The molecule has 0 amide bonds. The third-order valence-electron chi connectivity index (χ3n) is 11.9. The Balaban J connectivity index is 1.29. The Morgan fingerprint density at radius 1 is 0.228 bits per heavy atom. The van der Waals surface area contributed by atoms with Gasteiger partial charge in [0, 0.05) is 4.47 Å². The largest absolute Gasteiger partial charge is 0.179 e. The van der Waals surface area contributed by atoms with Gasteiger partial charge in [0.25, 0.3) is 0 Å². The van der Waals surface area contributed by atoms with Crippen molar-refractivity contribution < 1.29 is 0 Å². The van der Waals surface area contributed by atoms with Gasteiger partial charge in [-0.05, 0) is 105 Å². The topological polar surface area (TPSA) is 0 Å². The zero-order valence-electron chi connectivity index (χ0n) is 31.4. The van der Waals surface area contributed by atoms with Gasteiger partial charge in [-0.1, -0.05) is 222 Å². The van der Waals surface area contributed by atoms with Crippen molar-refractivity contribution in [1.82, 2.24) is 0 Å². The molecular formula is C54H39BrSi2. The van der Waals surface area contributed by atoms with E-state index in [0.29, 0.717) is 0 Å². The molecule has 1 aliphatic rings. The summed E-state index contributed by atoms with van der Waals surface area (Å²) in [6.45, 7) is 0. The van der Waals surface area contributed by atoms with Crippen LogP contribution in [0.3, 0.4) is 0 Å². The van der Waals surface area contributed by atoms with Crippen molar-refractivity contribution in [3.05, 3.63) is 241 Å². The van der Waals surface area contributed by atoms with E-state index in [1.165, 1.54) is 74.9 Å². The number of hydrogen-bond acceptors (Lipinski definition) is 0. The lowest BCUT2D eigenvalue weighted by Gasteiger charge is -2.48. The molecule has 0 atom stereocenters. The predicted molar refractivity (Wildman–Crippen MR) is 251 cm³/mol. The fraction of sp³-hybridized carbons (Fsp3) is 0. The van der Waals surface area contributed by atoms with E-state index in [0.717, 1.165) is 4.47 Å². The van der Waals surface area contributed by atoms with Gasteiger partial charge >= 0.3 is 0 Å². The molecule has 9 aromatic carbocycles. The molecule has 0 fully saturated rings. The van der Waals surface area contributed by atoms with Crippen LogP contribution in [-0.4, -0.2) is 16.1 Å². The number of benzene rings is 9. The van der Waals surface area contributed by atoms with Crippen molar-refractivity contribution >= 4 is 73.6 Å². The summed E-state index contributed by atoms with van der Waals surface area (Å²) in [6, 6.07) is 89.1. The molecule has 0 saturated heterocycles. The molecule has 10 rings (SSSR count). The normalized spacial score (nSPS) is 17.0. The average Bonchev–Trinajstić information content (AvgIpc) is 3.29. The Morgan fingerprint density at radius 2 is 0.544 bits per heavy atom. The molecule has 9 aromatic rings. The Bertz CT molecular complexity index is 2750. The smallest absolute Gasteiger partial charge is 0.0624 e. The Morgan fingerprint density at radius 3 is 0.965 bits per heavy atom. The highest BCUT2D eigenvalue weighted by Crippen LogP contribution is 2.33. The quantitative estimate of drug-likeness (QED) is 0.142. The minimum Gasteiger partial charge on any atom is -0.0624 e. The van der Waals surface area contributed by atoms with Crippen LogP contribution in [0.5, 0.6) is 0 Å². The molecule has 0 unspecified atom stereocenters. The summed E-state index contributed by atoms with van der Waals surface area (Å²) in [6.07, 6.45) is 0. The predicted octanol–water partition coefficient (Wildman–Crippen LogP) is 8.52. The Hall–Kier alpha value is -6.11. The van der Waals surface area contributed by atoms with E-state index in [-0.39, 0.29) is 0 Å². The summed E-state index contributed by atoms with van der Waals surface area (Å²) >= 11 is 3.90. The second-order valence-electron chi connectivity index (χ2n) is 14.9.